The van der Waals surface area contributed by atoms with Gasteiger partial charge in [0, 0.05) is 38.8 Å². The van der Waals surface area contributed by atoms with Gasteiger partial charge in [-0.2, -0.15) is 0 Å². The van der Waals surface area contributed by atoms with Crippen molar-refractivity contribution in [3.05, 3.63) is 257 Å². The Labute approximate surface area is 392 Å². The molecule has 14 rings (SSSR count). The largest absolute Gasteiger partial charge is 0.310 e. The van der Waals surface area contributed by atoms with Crippen LogP contribution in [0.3, 0.4) is 0 Å². The van der Waals surface area contributed by atoms with Crippen molar-refractivity contribution in [1.82, 2.24) is 4.57 Å². The second-order valence-electron chi connectivity index (χ2n) is 19.7. The molecule has 0 radical (unpaired) electrons. The fourth-order valence-corrected chi connectivity index (χ4v) is 12.8. The van der Waals surface area contributed by atoms with Crippen molar-refractivity contribution < 1.29 is 0 Å². The van der Waals surface area contributed by atoms with E-state index in [2.05, 4.69) is 249 Å². The molecule has 4 aliphatic rings. The Morgan fingerprint density at radius 3 is 1.66 bits per heavy atom. The van der Waals surface area contributed by atoms with E-state index in [9.17, 15) is 0 Å². The minimum absolute atomic E-state index is 0.139. The fraction of sp³-hybridized carbons (Fsp3) is 0.108. The quantitative estimate of drug-likeness (QED) is 0.167. The van der Waals surface area contributed by atoms with Crippen LogP contribution in [0, 0.1) is 5.92 Å². The Balaban J connectivity index is 0.945. The highest BCUT2D eigenvalue weighted by atomic mass is 15.1. The van der Waals surface area contributed by atoms with Crippen LogP contribution in [0.2, 0.25) is 0 Å². The summed E-state index contributed by atoms with van der Waals surface area (Å²) in [5.41, 5.74) is 25.3. The van der Waals surface area contributed by atoms with Crippen molar-refractivity contribution >= 4 is 44.4 Å². The minimum Gasteiger partial charge on any atom is -0.310 e. The van der Waals surface area contributed by atoms with Gasteiger partial charge in [-0.1, -0.05) is 185 Å². The van der Waals surface area contributed by atoms with Gasteiger partial charge in [0.1, 0.15) is 0 Å². The first-order chi connectivity index (χ1) is 32.9. The molecule has 2 heteroatoms. The molecule has 1 spiro atoms. The van der Waals surface area contributed by atoms with Crippen molar-refractivity contribution in [2.24, 2.45) is 5.92 Å². The van der Waals surface area contributed by atoms with Crippen LogP contribution in [0.15, 0.2) is 224 Å². The van der Waals surface area contributed by atoms with E-state index < -0.39 is 5.41 Å². The van der Waals surface area contributed by atoms with Gasteiger partial charge in [0.05, 0.1) is 22.1 Å². The Kier molecular flexibility index (Phi) is 8.03. The predicted molar refractivity (Wildman–Crippen MR) is 280 cm³/mol. The zero-order valence-corrected chi connectivity index (χ0v) is 38.0. The summed E-state index contributed by atoms with van der Waals surface area (Å²) in [5.74, 6) is 0.426. The van der Waals surface area contributed by atoms with E-state index in [0.717, 1.165) is 17.8 Å². The number of benzene rings is 9. The summed E-state index contributed by atoms with van der Waals surface area (Å²) in [6, 6.07) is 77.4. The van der Waals surface area contributed by atoms with Crippen LogP contribution in [0.4, 0.5) is 17.1 Å². The summed E-state index contributed by atoms with van der Waals surface area (Å²) >= 11 is 0. The monoisotopic (exact) mass is 856 g/mol. The molecule has 0 amide bonds. The third-order valence-electron chi connectivity index (χ3n) is 15.7. The molecule has 10 aromatic rings. The van der Waals surface area contributed by atoms with Crippen LogP contribution in [0.25, 0.3) is 66.4 Å². The summed E-state index contributed by atoms with van der Waals surface area (Å²) in [4.78, 5) is 2.55. The van der Waals surface area contributed by atoms with Crippen LogP contribution in [-0.4, -0.2) is 4.57 Å². The van der Waals surface area contributed by atoms with Crippen LogP contribution < -0.4 is 4.90 Å². The van der Waals surface area contributed by atoms with Gasteiger partial charge in [-0.25, -0.2) is 0 Å². The van der Waals surface area contributed by atoms with E-state index >= 15 is 0 Å². The normalized spacial score (nSPS) is 16.5. The molecule has 1 unspecified atom stereocenters. The molecule has 1 heterocycles. The lowest BCUT2D eigenvalue weighted by molar-refractivity contribution is 0.660. The zero-order valence-electron chi connectivity index (χ0n) is 38.0. The van der Waals surface area contributed by atoms with Crippen molar-refractivity contribution in [2.75, 3.05) is 4.90 Å². The molecule has 67 heavy (non-hydrogen) atoms. The number of hydrogen-bond donors (Lipinski definition) is 0. The SMILES string of the molecule is CC1C=C2C(=CC1)C1(c3ccccc3-c3ccccc31)c1cccc(N(c3ccc(-c4ccc(-n5c6ccccc6c6ccccc65)cc4)cc3)c3ccc4c(c3)C(C)(C)c3ccccc3-4)c12. The highest BCUT2D eigenvalue weighted by molar-refractivity contribution is 6.09. The van der Waals surface area contributed by atoms with Gasteiger partial charge in [-0.15, -0.1) is 0 Å². The summed E-state index contributed by atoms with van der Waals surface area (Å²) in [6.07, 6.45) is 6.17. The van der Waals surface area contributed by atoms with E-state index in [1.165, 1.54) is 111 Å². The van der Waals surface area contributed by atoms with Gasteiger partial charge in [0.15, 0.2) is 0 Å². The van der Waals surface area contributed by atoms with Crippen LogP contribution >= 0.6 is 0 Å². The van der Waals surface area contributed by atoms with Gasteiger partial charge < -0.3 is 9.47 Å². The molecule has 0 saturated carbocycles. The Morgan fingerprint density at radius 2 is 1.00 bits per heavy atom. The number of nitrogens with zero attached hydrogens (tertiary/aromatic N) is 2. The van der Waals surface area contributed by atoms with E-state index in [1.807, 2.05) is 0 Å². The molecule has 318 valence electrons. The average Bonchev–Trinajstić information content (AvgIpc) is 4.05. The van der Waals surface area contributed by atoms with Gasteiger partial charge in [-0.05, 0) is 139 Å². The fourth-order valence-electron chi connectivity index (χ4n) is 12.8. The minimum atomic E-state index is -0.396. The Morgan fingerprint density at radius 1 is 0.478 bits per heavy atom. The lowest BCUT2D eigenvalue weighted by Crippen LogP contribution is -2.26. The summed E-state index contributed by atoms with van der Waals surface area (Å²) in [5, 5.41) is 2.55. The van der Waals surface area contributed by atoms with Crippen molar-refractivity contribution in [3.8, 4) is 39.1 Å². The molecule has 1 aromatic heterocycles. The van der Waals surface area contributed by atoms with Gasteiger partial charge in [0.25, 0.3) is 0 Å². The van der Waals surface area contributed by atoms with Crippen LogP contribution in [0.5, 0.6) is 0 Å². The van der Waals surface area contributed by atoms with E-state index in [4.69, 9.17) is 0 Å². The molecular formula is C65H48N2. The number of aromatic nitrogens is 1. The van der Waals surface area contributed by atoms with Crippen molar-refractivity contribution in [3.63, 3.8) is 0 Å². The topological polar surface area (TPSA) is 8.17 Å². The first-order valence-corrected chi connectivity index (χ1v) is 23.9. The average molecular weight is 857 g/mol. The van der Waals surface area contributed by atoms with Crippen LogP contribution in [0.1, 0.15) is 60.6 Å². The summed E-state index contributed by atoms with van der Waals surface area (Å²) in [7, 11) is 0. The molecule has 2 nitrogen and oxygen atoms in total. The smallest absolute Gasteiger partial charge is 0.0723 e. The summed E-state index contributed by atoms with van der Waals surface area (Å²) in [6.45, 7) is 7.14. The maximum Gasteiger partial charge on any atom is 0.0723 e. The number of rotatable bonds is 5. The lowest BCUT2D eigenvalue weighted by atomic mass is 9.69. The molecular weight excluding hydrogens is 809 g/mol. The predicted octanol–water partition coefficient (Wildman–Crippen LogP) is 16.9. The second-order valence-corrected chi connectivity index (χ2v) is 19.7. The van der Waals surface area contributed by atoms with Crippen LogP contribution in [-0.2, 0) is 10.8 Å². The van der Waals surface area contributed by atoms with Crippen molar-refractivity contribution in [1.29, 1.82) is 0 Å². The van der Waals surface area contributed by atoms with Gasteiger partial charge in [-0.3, -0.25) is 0 Å². The number of anilines is 3. The molecule has 0 aliphatic heterocycles. The molecule has 0 saturated heterocycles. The van der Waals surface area contributed by atoms with E-state index in [-0.39, 0.29) is 5.41 Å². The first-order valence-electron chi connectivity index (χ1n) is 23.9. The highest BCUT2D eigenvalue weighted by Crippen LogP contribution is 2.66. The first kappa shape index (κ1) is 38.3. The lowest BCUT2D eigenvalue weighted by Gasteiger charge is -2.32. The van der Waals surface area contributed by atoms with Gasteiger partial charge >= 0.3 is 0 Å². The maximum atomic E-state index is 2.57. The van der Waals surface area contributed by atoms with Gasteiger partial charge in [0.2, 0.25) is 0 Å². The standard InChI is InChI=1S/C65H48N2/c1-41-27-38-57-53(39-41)63-58(65(57)55-21-10-5-16-48(55)49-17-6-11-22-56(49)65)23-14-26-62(63)66(46-36-37-50-47-15-4-9-20-54(47)64(2,3)59(50)40-46)44-32-28-42(29-33-44)43-30-34-45(35-31-43)67-60-24-12-7-18-51(60)52-19-8-13-25-61(52)67/h4-26,28-41H,27H2,1-3H3. The molecule has 1 atom stereocenters. The second kappa shape index (κ2) is 14.0. The zero-order chi connectivity index (χ0) is 44.6. The van der Waals surface area contributed by atoms with E-state index in [0.29, 0.717) is 5.92 Å². The molecule has 9 aromatic carbocycles. The highest BCUT2D eigenvalue weighted by Gasteiger charge is 2.54. The summed E-state index contributed by atoms with van der Waals surface area (Å²) < 4.78 is 2.39. The molecule has 0 N–H and O–H groups in total. The molecule has 4 aliphatic carbocycles. The number of hydrogen-bond acceptors (Lipinski definition) is 1. The number of fused-ring (bicyclic) bond motifs is 16. The Hall–Kier alpha value is -7.94. The third kappa shape index (κ3) is 5.21. The van der Waals surface area contributed by atoms with Crippen molar-refractivity contribution in [2.45, 2.75) is 38.0 Å². The molecule has 0 fully saturated rings. The third-order valence-corrected chi connectivity index (χ3v) is 15.7. The maximum absolute atomic E-state index is 2.57. The Bertz CT molecular complexity index is 3660. The number of allylic oxidation sites excluding steroid dienone is 4. The number of para-hydroxylation sites is 2. The molecule has 0 bridgehead atoms. The van der Waals surface area contributed by atoms with E-state index in [1.54, 1.807) is 0 Å².